The fourth-order valence-corrected chi connectivity index (χ4v) is 3.21. The monoisotopic (exact) mass is 329 g/mol. The molecule has 1 amide bonds. The minimum Gasteiger partial charge on any atom is -0.381 e. The summed E-state index contributed by atoms with van der Waals surface area (Å²) in [6.07, 6.45) is 1.38. The van der Waals surface area contributed by atoms with Gasteiger partial charge in [-0.1, -0.05) is 54.1 Å². The van der Waals surface area contributed by atoms with Crippen LogP contribution in [0.2, 0.25) is 5.02 Å². The molecule has 0 aromatic heterocycles. The summed E-state index contributed by atoms with van der Waals surface area (Å²) in [5.74, 6) is 0.0620. The first-order valence-corrected chi connectivity index (χ1v) is 8.24. The fourth-order valence-electron chi connectivity index (χ4n) is 3.08. The largest absolute Gasteiger partial charge is 0.381 e. The van der Waals surface area contributed by atoms with Gasteiger partial charge in [0.2, 0.25) is 5.91 Å². The third-order valence-electron chi connectivity index (χ3n) is 4.47. The van der Waals surface area contributed by atoms with Crippen molar-refractivity contribution in [2.75, 3.05) is 13.2 Å². The van der Waals surface area contributed by atoms with Crippen LogP contribution in [-0.4, -0.2) is 19.1 Å². The minimum atomic E-state index is -0.530. The highest BCUT2D eigenvalue weighted by Crippen LogP contribution is 2.35. The molecule has 0 atom stereocenters. The summed E-state index contributed by atoms with van der Waals surface area (Å²) in [5.41, 5.74) is 1.58. The molecular weight excluding hydrogens is 310 g/mol. The average molecular weight is 330 g/mol. The van der Waals surface area contributed by atoms with E-state index in [2.05, 4.69) is 5.32 Å². The molecule has 0 saturated carbocycles. The lowest BCUT2D eigenvalue weighted by Gasteiger charge is -2.36. The van der Waals surface area contributed by atoms with E-state index in [1.54, 1.807) is 0 Å². The maximum absolute atomic E-state index is 13.0. The molecule has 0 aliphatic carbocycles. The van der Waals surface area contributed by atoms with Crippen molar-refractivity contribution in [3.8, 4) is 0 Å². The number of halogens is 1. The van der Waals surface area contributed by atoms with Crippen LogP contribution < -0.4 is 5.32 Å². The third-order valence-corrected chi connectivity index (χ3v) is 4.73. The maximum Gasteiger partial charge on any atom is 0.231 e. The van der Waals surface area contributed by atoms with Crippen molar-refractivity contribution in [2.24, 2.45) is 0 Å². The second kappa shape index (κ2) is 7.16. The van der Waals surface area contributed by atoms with Crippen LogP contribution >= 0.6 is 11.6 Å². The summed E-state index contributed by atoms with van der Waals surface area (Å²) in [6.45, 7) is 1.73. The molecule has 1 fully saturated rings. The summed E-state index contributed by atoms with van der Waals surface area (Å²) in [5, 5.41) is 3.78. The highest BCUT2D eigenvalue weighted by atomic mass is 35.5. The Morgan fingerprint density at radius 3 is 2.35 bits per heavy atom. The fraction of sp³-hybridized carbons (Fsp3) is 0.316. The van der Waals surface area contributed by atoms with Gasteiger partial charge in [-0.05, 0) is 36.1 Å². The van der Waals surface area contributed by atoms with E-state index in [-0.39, 0.29) is 5.91 Å². The molecule has 0 radical (unpaired) electrons. The molecule has 0 unspecified atom stereocenters. The van der Waals surface area contributed by atoms with E-state index in [1.807, 2.05) is 54.6 Å². The Kier molecular flexibility index (Phi) is 4.99. The van der Waals surface area contributed by atoms with Crippen LogP contribution in [-0.2, 0) is 21.5 Å². The lowest BCUT2D eigenvalue weighted by atomic mass is 9.73. The van der Waals surface area contributed by atoms with Crippen molar-refractivity contribution >= 4 is 17.5 Å². The van der Waals surface area contributed by atoms with E-state index in [1.165, 1.54) is 0 Å². The van der Waals surface area contributed by atoms with E-state index in [0.29, 0.717) is 37.6 Å². The van der Waals surface area contributed by atoms with Gasteiger partial charge in [-0.25, -0.2) is 0 Å². The Hall–Kier alpha value is -1.84. The van der Waals surface area contributed by atoms with Crippen LogP contribution in [0.1, 0.15) is 24.0 Å². The summed E-state index contributed by atoms with van der Waals surface area (Å²) < 4.78 is 5.48. The SMILES string of the molecule is O=C(NCc1ccccc1)C1(c2ccc(Cl)cc2)CCOCC1. The Morgan fingerprint density at radius 1 is 1.04 bits per heavy atom. The number of rotatable bonds is 4. The van der Waals surface area contributed by atoms with Gasteiger partial charge in [0.25, 0.3) is 0 Å². The van der Waals surface area contributed by atoms with E-state index >= 15 is 0 Å². The first kappa shape index (κ1) is 16.0. The molecule has 0 spiro atoms. The maximum atomic E-state index is 13.0. The Morgan fingerprint density at radius 2 is 1.70 bits per heavy atom. The molecule has 2 aromatic carbocycles. The second-order valence-corrected chi connectivity index (χ2v) is 6.31. The molecule has 2 aromatic rings. The van der Waals surface area contributed by atoms with Gasteiger partial charge in [-0.2, -0.15) is 0 Å². The predicted molar refractivity (Wildman–Crippen MR) is 91.5 cm³/mol. The Bertz CT molecular complexity index is 649. The lowest BCUT2D eigenvalue weighted by Crippen LogP contribution is -2.47. The van der Waals surface area contributed by atoms with Crippen LogP contribution in [0.15, 0.2) is 54.6 Å². The van der Waals surface area contributed by atoms with Crippen LogP contribution in [0.5, 0.6) is 0 Å². The first-order chi connectivity index (χ1) is 11.2. The lowest BCUT2D eigenvalue weighted by molar-refractivity contribution is -0.130. The molecule has 3 nitrogen and oxygen atoms in total. The predicted octanol–water partition coefficient (Wildman–Crippen LogP) is 3.70. The van der Waals surface area contributed by atoms with Gasteiger partial charge in [-0.15, -0.1) is 0 Å². The highest BCUT2D eigenvalue weighted by Gasteiger charge is 2.41. The molecule has 1 N–H and O–H groups in total. The Labute approximate surface area is 141 Å². The number of hydrogen-bond donors (Lipinski definition) is 1. The van der Waals surface area contributed by atoms with Crippen molar-refractivity contribution in [2.45, 2.75) is 24.8 Å². The van der Waals surface area contributed by atoms with Crippen molar-refractivity contribution in [3.63, 3.8) is 0 Å². The molecule has 3 rings (SSSR count). The molecule has 1 saturated heterocycles. The minimum absolute atomic E-state index is 0.0620. The molecule has 1 aliphatic rings. The normalized spacial score (nSPS) is 16.7. The van der Waals surface area contributed by atoms with Gasteiger partial charge >= 0.3 is 0 Å². The number of nitrogens with one attached hydrogen (secondary N) is 1. The summed E-state index contributed by atoms with van der Waals surface area (Å²) in [7, 11) is 0. The molecular formula is C19H20ClNO2. The molecule has 1 heterocycles. The average Bonchev–Trinajstić information content (AvgIpc) is 2.61. The van der Waals surface area contributed by atoms with E-state index in [9.17, 15) is 4.79 Å². The number of benzene rings is 2. The van der Waals surface area contributed by atoms with Gasteiger partial charge in [0, 0.05) is 24.8 Å². The van der Waals surface area contributed by atoms with Crippen molar-refractivity contribution in [1.29, 1.82) is 0 Å². The highest BCUT2D eigenvalue weighted by molar-refractivity contribution is 6.30. The number of ether oxygens (including phenoxy) is 1. The second-order valence-electron chi connectivity index (χ2n) is 5.87. The number of amides is 1. The van der Waals surface area contributed by atoms with Crippen LogP contribution in [0.4, 0.5) is 0 Å². The summed E-state index contributed by atoms with van der Waals surface area (Å²) >= 11 is 5.99. The van der Waals surface area contributed by atoms with Gasteiger partial charge < -0.3 is 10.1 Å². The first-order valence-electron chi connectivity index (χ1n) is 7.87. The van der Waals surface area contributed by atoms with E-state index in [4.69, 9.17) is 16.3 Å². The third kappa shape index (κ3) is 3.57. The molecule has 23 heavy (non-hydrogen) atoms. The van der Waals surface area contributed by atoms with Gasteiger partial charge in [0.05, 0.1) is 5.41 Å². The van der Waals surface area contributed by atoms with Crippen LogP contribution in [0, 0.1) is 0 Å². The topological polar surface area (TPSA) is 38.3 Å². The van der Waals surface area contributed by atoms with Crippen molar-refractivity contribution in [1.82, 2.24) is 5.32 Å². The zero-order valence-corrected chi connectivity index (χ0v) is 13.7. The number of carbonyl (C=O) groups is 1. The molecule has 4 heteroatoms. The van der Waals surface area contributed by atoms with E-state index in [0.717, 1.165) is 11.1 Å². The summed E-state index contributed by atoms with van der Waals surface area (Å²) in [4.78, 5) is 13.0. The van der Waals surface area contributed by atoms with Gasteiger partial charge in [0.1, 0.15) is 0 Å². The quantitative estimate of drug-likeness (QED) is 0.928. The zero-order valence-electron chi connectivity index (χ0n) is 12.9. The van der Waals surface area contributed by atoms with Gasteiger partial charge in [0.15, 0.2) is 0 Å². The summed E-state index contributed by atoms with van der Waals surface area (Å²) in [6, 6.07) is 17.6. The smallest absolute Gasteiger partial charge is 0.231 e. The van der Waals surface area contributed by atoms with Crippen LogP contribution in [0.25, 0.3) is 0 Å². The Balaban J connectivity index is 1.80. The van der Waals surface area contributed by atoms with Crippen molar-refractivity contribution < 1.29 is 9.53 Å². The van der Waals surface area contributed by atoms with Crippen molar-refractivity contribution in [3.05, 3.63) is 70.7 Å². The molecule has 0 bridgehead atoms. The van der Waals surface area contributed by atoms with Gasteiger partial charge in [-0.3, -0.25) is 4.79 Å². The molecule has 120 valence electrons. The number of hydrogen-bond acceptors (Lipinski definition) is 2. The molecule has 1 aliphatic heterocycles. The standard InChI is InChI=1S/C19H20ClNO2/c20-17-8-6-16(7-9-17)19(10-12-23-13-11-19)18(22)21-14-15-4-2-1-3-5-15/h1-9H,10-14H2,(H,21,22). The van der Waals surface area contributed by atoms with Crippen LogP contribution in [0.3, 0.4) is 0 Å². The zero-order chi connectivity index (χ0) is 16.1. The number of carbonyl (C=O) groups excluding carboxylic acids is 1. The van der Waals surface area contributed by atoms with E-state index < -0.39 is 5.41 Å².